The number of carbonyl (C=O) groups excluding carboxylic acids is 3. The molecule has 1 heterocycles. The lowest BCUT2D eigenvalue weighted by Gasteiger charge is -2.36. The van der Waals surface area contributed by atoms with E-state index in [0.717, 1.165) is 0 Å². The monoisotopic (exact) mass is 363 g/mol. The van der Waals surface area contributed by atoms with Crippen molar-refractivity contribution in [2.45, 2.75) is 26.7 Å². The number of rotatable bonds is 7. The van der Waals surface area contributed by atoms with Gasteiger partial charge in [-0.3, -0.25) is 14.4 Å². The summed E-state index contributed by atoms with van der Waals surface area (Å²) in [5.41, 5.74) is 0.531. The van der Waals surface area contributed by atoms with E-state index in [1.165, 1.54) is 6.07 Å². The standard InChI is InChI=1S/C19H26FN3O3/c1-3-14(4-2)18(25)19(26)21-13-17(24)23-11-9-22(10-12-23)16-8-6-5-7-15(16)20/h5-8,14H,3-4,9-13H2,1-2H3,(H,21,26). The zero-order valence-corrected chi connectivity index (χ0v) is 15.3. The fourth-order valence-corrected chi connectivity index (χ4v) is 3.10. The number of para-hydroxylation sites is 1. The predicted octanol–water partition coefficient (Wildman–Crippen LogP) is 1.60. The number of carbonyl (C=O) groups is 3. The number of amides is 2. The number of ketones is 1. The van der Waals surface area contributed by atoms with Crippen molar-refractivity contribution in [2.24, 2.45) is 5.92 Å². The van der Waals surface area contributed by atoms with Gasteiger partial charge < -0.3 is 15.1 Å². The van der Waals surface area contributed by atoms with Crippen LogP contribution in [0.25, 0.3) is 0 Å². The van der Waals surface area contributed by atoms with E-state index in [9.17, 15) is 18.8 Å². The number of halogens is 1. The molecule has 0 unspecified atom stereocenters. The average Bonchev–Trinajstić information content (AvgIpc) is 2.67. The van der Waals surface area contributed by atoms with Crippen LogP contribution in [-0.2, 0) is 14.4 Å². The highest BCUT2D eigenvalue weighted by Crippen LogP contribution is 2.20. The topological polar surface area (TPSA) is 69.7 Å². The Hall–Kier alpha value is -2.44. The van der Waals surface area contributed by atoms with Crippen molar-refractivity contribution in [3.63, 3.8) is 0 Å². The molecule has 0 bridgehead atoms. The third-order valence-corrected chi connectivity index (χ3v) is 4.81. The molecule has 1 aromatic rings. The molecule has 26 heavy (non-hydrogen) atoms. The summed E-state index contributed by atoms with van der Waals surface area (Å²) in [7, 11) is 0. The normalized spacial score (nSPS) is 14.5. The summed E-state index contributed by atoms with van der Waals surface area (Å²) in [6.45, 7) is 5.47. The van der Waals surface area contributed by atoms with Gasteiger partial charge in [-0.2, -0.15) is 0 Å². The van der Waals surface area contributed by atoms with Gasteiger partial charge in [-0.15, -0.1) is 0 Å². The minimum atomic E-state index is -0.697. The fraction of sp³-hybridized carbons (Fsp3) is 0.526. The van der Waals surface area contributed by atoms with Gasteiger partial charge >= 0.3 is 0 Å². The van der Waals surface area contributed by atoms with E-state index < -0.39 is 11.7 Å². The van der Waals surface area contributed by atoms with Gasteiger partial charge in [0.2, 0.25) is 11.7 Å². The molecule has 1 N–H and O–H groups in total. The first-order valence-corrected chi connectivity index (χ1v) is 9.07. The van der Waals surface area contributed by atoms with Gasteiger partial charge in [0.15, 0.2) is 0 Å². The van der Waals surface area contributed by atoms with Crippen LogP contribution >= 0.6 is 0 Å². The van der Waals surface area contributed by atoms with Crippen molar-refractivity contribution in [3.8, 4) is 0 Å². The van der Waals surface area contributed by atoms with E-state index >= 15 is 0 Å². The van der Waals surface area contributed by atoms with E-state index in [1.54, 1.807) is 23.1 Å². The smallest absolute Gasteiger partial charge is 0.288 e. The minimum absolute atomic E-state index is 0.190. The van der Waals surface area contributed by atoms with Gasteiger partial charge in [-0.1, -0.05) is 26.0 Å². The summed E-state index contributed by atoms with van der Waals surface area (Å²) in [5.74, 6) is -1.97. The molecule has 1 aliphatic rings. The van der Waals surface area contributed by atoms with E-state index in [1.807, 2.05) is 18.7 Å². The van der Waals surface area contributed by atoms with Crippen LogP contribution < -0.4 is 10.2 Å². The molecule has 6 nitrogen and oxygen atoms in total. The van der Waals surface area contributed by atoms with Crippen molar-refractivity contribution in [3.05, 3.63) is 30.1 Å². The summed E-state index contributed by atoms with van der Waals surface area (Å²) < 4.78 is 13.8. The molecule has 1 saturated heterocycles. The third kappa shape index (κ3) is 4.80. The second-order valence-corrected chi connectivity index (χ2v) is 6.38. The fourth-order valence-electron chi connectivity index (χ4n) is 3.10. The molecule has 7 heteroatoms. The zero-order chi connectivity index (χ0) is 19.1. The van der Waals surface area contributed by atoms with Crippen molar-refractivity contribution in [1.82, 2.24) is 10.2 Å². The number of hydrogen-bond donors (Lipinski definition) is 1. The van der Waals surface area contributed by atoms with Gasteiger partial charge in [-0.25, -0.2) is 4.39 Å². The first kappa shape index (κ1) is 19.9. The Balaban J connectivity index is 1.81. The predicted molar refractivity (Wildman–Crippen MR) is 97.3 cm³/mol. The van der Waals surface area contributed by atoms with E-state index in [0.29, 0.717) is 44.7 Å². The Morgan fingerprint density at radius 2 is 1.69 bits per heavy atom. The second-order valence-electron chi connectivity index (χ2n) is 6.38. The number of anilines is 1. The van der Waals surface area contributed by atoms with Crippen LogP contribution in [-0.4, -0.2) is 55.2 Å². The molecule has 0 saturated carbocycles. The number of piperazine rings is 1. The summed E-state index contributed by atoms with van der Waals surface area (Å²) in [6.07, 6.45) is 1.21. The molecule has 142 valence electrons. The van der Waals surface area contributed by atoms with Crippen LogP contribution in [0.4, 0.5) is 10.1 Å². The molecule has 0 spiro atoms. The van der Waals surface area contributed by atoms with Gasteiger partial charge in [0.05, 0.1) is 12.2 Å². The summed E-state index contributed by atoms with van der Waals surface area (Å²) >= 11 is 0. The first-order chi connectivity index (χ1) is 12.5. The molecule has 1 fully saturated rings. The average molecular weight is 363 g/mol. The maximum atomic E-state index is 13.8. The molecule has 0 aromatic heterocycles. The van der Waals surface area contributed by atoms with Crippen LogP contribution in [0.3, 0.4) is 0 Å². The highest BCUT2D eigenvalue weighted by molar-refractivity contribution is 6.37. The highest BCUT2D eigenvalue weighted by Gasteiger charge is 2.25. The third-order valence-electron chi connectivity index (χ3n) is 4.81. The molecule has 1 aliphatic heterocycles. The highest BCUT2D eigenvalue weighted by atomic mass is 19.1. The molecule has 2 amide bonds. The van der Waals surface area contributed by atoms with Crippen molar-refractivity contribution in [1.29, 1.82) is 0 Å². The van der Waals surface area contributed by atoms with E-state index in [2.05, 4.69) is 5.32 Å². The maximum Gasteiger partial charge on any atom is 0.288 e. The van der Waals surface area contributed by atoms with Crippen LogP contribution in [0, 0.1) is 11.7 Å². The quantitative estimate of drug-likeness (QED) is 0.747. The van der Waals surface area contributed by atoms with Crippen LogP contribution in [0.5, 0.6) is 0 Å². The van der Waals surface area contributed by atoms with Gasteiger partial charge in [0.1, 0.15) is 5.82 Å². The van der Waals surface area contributed by atoms with Gasteiger partial charge in [0, 0.05) is 32.1 Å². The van der Waals surface area contributed by atoms with Crippen LogP contribution in [0.1, 0.15) is 26.7 Å². The lowest BCUT2D eigenvalue weighted by Crippen LogP contribution is -2.52. The van der Waals surface area contributed by atoms with Crippen molar-refractivity contribution < 1.29 is 18.8 Å². The summed E-state index contributed by atoms with van der Waals surface area (Å²) in [6, 6.07) is 6.56. The minimum Gasteiger partial charge on any atom is -0.366 e. The number of nitrogens with zero attached hydrogens (tertiary/aromatic N) is 2. The molecular weight excluding hydrogens is 337 g/mol. The van der Waals surface area contributed by atoms with E-state index in [-0.39, 0.29) is 24.2 Å². The molecule has 1 aromatic carbocycles. The van der Waals surface area contributed by atoms with Gasteiger partial charge in [0.25, 0.3) is 5.91 Å². The largest absolute Gasteiger partial charge is 0.366 e. The Morgan fingerprint density at radius 1 is 1.08 bits per heavy atom. The maximum absolute atomic E-state index is 13.8. The number of benzene rings is 1. The van der Waals surface area contributed by atoms with Crippen LogP contribution in [0.2, 0.25) is 0 Å². The molecule has 0 aliphatic carbocycles. The second kappa shape index (κ2) is 9.31. The van der Waals surface area contributed by atoms with Gasteiger partial charge in [-0.05, 0) is 25.0 Å². The molecular formula is C19H26FN3O3. The lowest BCUT2D eigenvalue weighted by molar-refractivity contribution is -0.141. The van der Waals surface area contributed by atoms with E-state index in [4.69, 9.17) is 0 Å². The molecule has 2 rings (SSSR count). The Bertz CT molecular complexity index is 653. The Labute approximate surface area is 153 Å². The summed E-state index contributed by atoms with van der Waals surface area (Å²) in [4.78, 5) is 39.6. The summed E-state index contributed by atoms with van der Waals surface area (Å²) in [5, 5.41) is 2.43. The lowest BCUT2D eigenvalue weighted by atomic mass is 9.98. The SMILES string of the molecule is CCC(CC)C(=O)C(=O)NCC(=O)N1CCN(c2ccccc2F)CC1. The number of nitrogens with one attached hydrogen (secondary N) is 1. The number of hydrogen-bond acceptors (Lipinski definition) is 4. The first-order valence-electron chi connectivity index (χ1n) is 9.07. The molecule has 0 radical (unpaired) electrons. The van der Waals surface area contributed by atoms with Crippen LogP contribution in [0.15, 0.2) is 24.3 Å². The number of Topliss-reactive ketones (excluding diaryl/α,β-unsaturated/α-hetero) is 1. The van der Waals surface area contributed by atoms with Crippen molar-refractivity contribution >= 4 is 23.3 Å². The Kier molecular flexibility index (Phi) is 7.12. The Morgan fingerprint density at radius 3 is 2.27 bits per heavy atom. The molecule has 0 atom stereocenters. The van der Waals surface area contributed by atoms with Crippen molar-refractivity contribution in [2.75, 3.05) is 37.6 Å². The zero-order valence-electron chi connectivity index (χ0n) is 15.3.